The van der Waals surface area contributed by atoms with Gasteiger partial charge in [-0.15, -0.1) is 0 Å². The fourth-order valence-corrected chi connectivity index (χ4v) is 3.51. The largest absolute Gasteiger partial charge is 0.305 e. The zero-order chi connectivity index (χ0) is 17.3. The van der Waals surface area contributed by atoms with Crippen molar-refractivity contribution < 1.29 is 13.2 Å². The highest BCUT2D eigenvalue weighted by Gasteiger charge is 2.28. The first kappa shape index (κ1) is 16.7. The van der Waals surface area contributed by atoms with Crippen molar-refractivity contribution in [1.29, 1.82) is 0 Å². The minimum Gasteiger partial charge on any atom is -0.305 e. The van der Waals surface area contributed by atoms with E-state index in [1.807, 2.05) is 17.7 Å². The van der Waals surface area contributed by atoms with Gasteiger partial charge >= 0.3 is 0 Å². The number of rotatable bonds is 6. The second kappa shape index (κ2) is 6.39. The quantitative estimate of drug-likeness (QED) is 0.871. The lowest BCUT2D eigenvalue weighted by Crippen LogP contribution is -2.13. The van der Waals surface area contributed by atoms with Gasteiger partial charge < -0.3 is 5.32 Å². The first-order chi connectivity index (χ1) is 11.4. The summed E-state index contributed by atoms with van der Waals surface area (Å²) in [6.45, 7) is 4.39. The zero-order valence-corrected chi connectivity index (χ0v) is 14.6. The minimum atomic E-state index is -3.26. The molecule has 1 aliphatic carbocycles. The van der Waals surface area contributed by atoms with Gasteiger partial charge in [-0.2, -0.15) is 5.10 Å². The average molecular weight is 347 g/mol. The molecule has 6 nitrogen and oxygen atoms in total. The number of nitrogens with zero attached hydrogens (tertiary/aromatic N) is 2. The number of nitrogens with one attached hydrogen (secondary N) is 1. The normalized spacial score (nSPS) is 14.6. The number of hydrogen-bond donors (Lipinski definition) is 1. The molecule has 24 heavy (non-hydrogen) atoms. The molecule has 0 radical (unpaired) electrons. The van der Waals surface area contributed by atoms with Gasteiger partial charge in [0.15, 0.2) is 15.7 Å². The van der Waals surface area contributed by atoms with Crippen LogP contribution < -0.4 is 5.32 Å². The van der Waals surface area contributed by atoms with E-state index in [1.165, 1.54) is 37.1 Å². The van der Waals surface area contributed by atoms with Gasteiger partial charge in [0.1, 0.15) is 0 Å². The summed E-state index contributed by atoms with van der Waals surface area (Å²) in [5.74, 6) is 0.839. The maximum atomic E-state index is 12.3. The van der Waals surface area contributed by atoms with E-state index >= 15 is 0 Å². The first-order valence-corrected chi connectivity index (χ1v) is 9.81. The van der Waals surface area contributed by atoms with Crippen LogP contribution >= 0.6 is 0 Å². The molecular weight excluding hydrogens is 326 g/mol. The number of benzene rings is 1. The van der Waals surface area contributed by atoms with E-state index in [4.69, 9.17) is 0 Å². The van der Waals surface area contributed by atoms with Crippen LogP contribution in [0.4, 0.5) is 5.82 Å². The molecule has 2 aromatic rings. The van der Waals surface area contributed by atoms with Gasteiger partial charge in [-0.3, -0.25) is 9.48 Å². The molecule has 0 atom stereocenters. The van der Waals surface area contributed by atoms with Gasteiger partial charge in [0.25, 0.3) is 5.91 Å². The summed E-state index contributed by atoms with van der Waals surface area (Å²) in [5, 5.41) is 7.20. The first-order valence-electron chi connectivity index (χ1n) is 8.16. The van der Waals surface area contributed by atoms with Crippen molar-refractivity contribution in [2.45, 2.75) is 44.0 Å². The highest BCUT2D eigenvalue weighted by Crippen LogP contribution is 2.40. The molecule has 0 unspecified atom stereocenters. The van der Waals surface area contributed by atoms with Gasteiger partial charge in [0.2, 0.25) is 0 Å². The van der Waals surface area contributed by atoms with Crippen molar-refractivity contribution in [3.8, 4) is 0 Å². The maximum absolute atomic E-state index is 12.3. The third kappa shape index (κ3) is 3.36. The van der Waals surface area contributed by atoms with Gasteiger partial charge in [-0.25, -0.2) is 8.42 Å². The Morgan fingerprint density at radius 2 is 1.92 bits per heavy atom. The molecule has 0 saturated heterocycles. The van der Waals surface area contributed by atoms with Gasteiger partial charge in [0.05, 0.1) is 10.6 Å². The molecule has 1 fully saturated rings. The number of carbonyl (C=O) groups is 1. The molecule has 7 heteroatoms. The Labute approximate surface area is 141 Å². The van der Waals surface area contributed by atoms with Crippen LogP contribution in [0.1, 0.15) is 48.7 Å². The smallest absolute Gasteiger partial charge is 0.256 e. The molecule has 1 heterocycles. The molecule has 1 N–H and O–H groups in total. The summed E-state index contributed by atoms with van der Waals surface area (Å²) in [4.78, 5) is 12.6. The van der Waals surface area contributed by atoms with Crippen LogP contribution in [0.5, 0.6) is 0 Å². The van der Waals surface area contributed by atoms with E-state index in [2.05, 4.69) is 10.4 Å². The van der Waals surface area contributed by atoms with Gasteiger partial charge in [0, 0.05) is 29.8 Å². The number of aryl methyl sites for hydroxylation is 1. The summed E-state index contributed by atoms with van der Waals surface area (Å²) < 4.78 is 25.5. The summed E-state index contributed by atoms with van der Waals surface area (Å²) in [7, 11) is -3.26. The maximum Gasteiger partial charge on any atom is 0.256 e. The summed E-state index contributed by atoms with van der Waals surface area (Å²) >= 11 is 0. The van der Waals surface area contributed by atoms with Crippen molar-refractivity contribution in [2.24, 2.45) is 0 Å². The van der Waals surface area contributed by atoms with Crippen LogP contribution in [0.2, 0.25) is 0 Å². The predicted molar refractivity (Wildman–Crippen MR) is 92.0 cm³/mol. The second-order valence-electron chi connectivity index (χ2n) is 5.93. The Morgan fingerprint density at radius 3 is 2.46 bits per heavy atom. The van der Waals surface area contributed by atoms with E-state index in [0.29, 0.717) is 17.3 Å². The molecule has 0 bridgehead atoms. The molecule has 1 saturated carbocycles. The lowest BCUT2D eigenvalue weighted by Gasteiger charge is -2.04. The molecule has 1 aliphatic rings. The van der Waals surface area contributed by atoms with E-state index in [9.17, 15) is 13.2 Å². The number of carbonyl (C=O) groups excluding carboxylic acids is 1. The molecular formula is C17H21N3O3S. The lowest BCUT2D eigenvalue weighted by molar-refractivity contribution is 0.102. The zero-order valence-electron chi connectivity index (χ0n) is 13.8. The monoisotopic (exact) mass is 347 g/mol. The van der Waals surface area contributed by atoms with Crippen LogP contribution in [0, 0.1) is 0 Å². The van der Waals surface area contributed by atoms with E-state index in [1.54, 1.807) is 6.92 Å². The molecule has 1 amide bonds. The molecule has 0 spiro atoms. The molecule has 3 rings (SSSR count). The Bertz CT molecular complexity index is 850. The highest BCUT2D eigenvalue weighted by molar-refractivity contribution is 7.91. The van der Waals surface area contributed by atoms with E-state index in [0.717, 1.165) is 12.2 Å². The third-order valence-electron chi connectivity index (χ3n) is 4.20. The van der Waals surface area contributed by atoms with Crippen molar-refractivity contribution >= 4 is 21.6 Å². The molecule has 1 aromatic heterocycles. The van der Waals surface area contributed by atoms with Crippen LogP contribution in [-0.2, 0) is 16.4 Å². The predicted octanol–water partition coefficient (Wildman–Crippen LogP) is 2.83. The van der Waals surface area contributed by atoms with Crippen molar-refractivity contribution in [3.05, 3.63) is 41.6 Å². The Hall–Kier alpha value is -2.15. The highest BCUT2D eigenvalue weighted by atomic mass is 32.2. The van der Waals surface area contributed by atoms with E-state index < -0.39 is 9.84 Å². The van der Waals surface area contributed by atoms with Crippen LogP contribution in [0.25, 0.3) is 0 Å². The Balaban J connectivity index is 1.75. The van der Waals surface area contributed by atoms with Crippen LogP contribution in [-0.4, -0.2) is 29.9 Å². The van der Waals surface area contributed by atoms with Crippen molar-refractivity contribution in [1.82, 2.24) is 9.78 Å². The fraction of sp³-hybridized carbons (Fsp3) is 0.412. The van der Waals surface area contributed by atoms with Gasteiger partial charge in [-0.1, -0.05) is 6.92 Å². The molecule has 0 aliphatic heterocycles. The number of aromatic nitrogens is 2. The number of sulfone groups is 1. The Kier molecular flexibility index (Phi) is 4.45. The molecule has 1 aromatic carbocycles. The fourth-order valence-electron chi connectivity index (χ4n) is 2.62. The summed E-state index contributed by atoms with van der Waals surface area (Å²) in [6.07, 6.45) is 2.35. The van der Waals surface area contributed by atoms with E-state index in [-0.39, 0.29) is 16.6 Å². The van der Waals surface area contributed by atoms with Crippen molar-refractivity contribution in [2.75, 3.05) is 11.1 Å². The van der Waals surface area contributed by atoms with Crippen LogP contribution in [0.3, 0.4) is 0 Å². The molecule has 128 valence electrons. The third-order valence-corrected chi connectivity index (χ3v) is 5.95. The van der Waals surface area contributed by atoms with Crippen LogP contribution in [0.15, 0.2) is 35.2 Å². The SMILES string of the molecule is CCn1nc(NC(=O)c2ccc(S(=O)(=O)CC)cc2)cc1C1CC1. The lowest BCUT2D eigenvalue weighted by atomic mass is 10.2. The Morgan fingerprint density at radius 1 is 1.25 bits per heavy atom. The summed E-state index contributed by atoms with van der Waals surface area (Å²) in [6, 6.07) is 7.91. The number of amides is 1. The minimum absolute atomic E-state index is 0.0386. The van der Waals surface area contributed by atoms with Crippen molar-refractivity contribution in [3.63, 3.8) is 0 Å². The topological polar surface area (TPSA) is 81.1 Å². The number of hydrogen-bond acceptors (Lipinski definition) is 4. The second-order valence-corrected chi connectivity index (χ2v) is 8.20. The van der Waals surface area contributed by atoms with Gasteiger partial charge in [-0.05, 0) is 44.0 Å². The summed E-state index contributed by atoms with van der Waals surface area (Å²) in [5.41, 5.74) is 1.57. The standard InChI is InChI=1S/C17H21N3O3S/c1-3-20-15(12-5-6-12)11-16(19-20)18-17(21)13-7-9-14(10-8-13)24(22,23)4-2/h7-12H,3-6H2,1-2H3,(H,18,19,21). The average Bonchev–Trinajstić information content (AvgIpc) is 3.36. The number of anilines is 1.